The van der Waals surface area contributed by atoms with Gasteiger partial charge in [-0.1, -0.05) is 0 Å². The third-order valence-electron chi connectivity index (χ3n) is 5.08. The number of H-pyrrole nitrogens is 1. The molecule has 0 aliphatic rings. The topological polar surface area (TPSA) is 264 Å². The van der Waals surface area contributed by atoms with E-state index in [0.29, 0.717) is 11.2 Å². The molecule has 5 N–H and O–H groups in total. The van der Waals surface area contributed by atoms with Crippen LogP contribution in [0.2, 0.25) is 0 Å². The van der Waals surface area contributed by atoms with E-state index >= 15 is 0 Å². The average Bonchev–Trinajstić information content (AvgIpc) is 3.35. The van der Waals surface area contributed by atoms with Crippen LogP contribution in [0.25, 0.3) is 11.2 Å². The Morgan fingerprint density at radius 3 is 2.15 bits per heavy atom. The molecule has 4 atom stereocenters. The Morgan fingerprint density at radius 1 is 0.927 bits per heavy atom. The molecule has 0 radical (unpaired) electrons. The summed E-state index contributed by atoms with van der Waals surface area (Å²) in [6, 6.07) is 1.12. The number of anilines is 1. The first-order valence-corrected chi connectivity index (χ1v) is 14.5. The molecule has 0 aliphatic carbocycles. The highest BCUT2D eigenvalue weighted by Gasteiger charge is 2.28. The number of nitrogens with zero attached hydrogens (tertiary/aromatic N) is 5. The Hall–Kier alpha value is -2.87. The average molecular weight is 625 g/mol. The minimum Gasteiger partial charge on any atom is -0.382 e. The van der Waals surface area contributed by atoms with Crippen molar-refractivity contribution in [2.45, 2.75) is 25.7 Å². The second-order valence-corrected chi connectivity index (χ2v) is 11.0. The number of nitrogens with one attached hydrogen (secondary N) is 1. The number of aromatic amines is 1. The summed E-state index contributed by atoms with van der Waals surface area (Å²) >= 11 is 0. The number of hydrogen-bond donors (Lipinski definition) is 4. The van der Waals surface area contributed by atoms with Gasteiger partial charge < -0.3 is 29.7 Å². The van der Waals surface area contributed by atoms with Gasteiger partial charge in [-0.05, 0) is 0 Å². The SMILES string of the molecule is COC[C@H](COP(=O)(O)OC[C@H](COP(=O)(O)OC)OCn1cnc2c(N)ncnc21)OCn1ccc(=O)[nH]c1=O. The van der Waals surface area contributed by atoms with Crippen molar-refractivity contribution in [1.29, 1.82) is 0 Å². The van der Waals surface area contributed by atoms with Crippen LogP contribution in [0, 0.1) is 0 Å². The number of nitrogens with two attached hydrogens (primary N) is 1. The van der Waals surface area contributed by atoms with Crippen molar-refractivity contribution in [2.24, 2.45) is 0 Å². The van der Waals surface area contributed by atoms with E-state index in [1.165, 1.54) is 30.5 Å². The van der Waals surface area contributed by atoms with E-state index in [0.717, 1.165) is 17.7 Å². The molecule has 0 spiro atoms. The van der Waals surface area contributed by atoms with Crippen LogP contribution >= 0.6 is 15.6 Å². The predicted molar refractivity (Wildman–Crippen MR) is 137 cm³/mol. The van der Waals surface area contributed by atoms with Crippen LogP contribution in [-0.2, 0) is 54.9 Å². The number of rotatable bonds is 18. The number of phosphoric acid groups is 2. The second kappa shape index (κ2) is 14.9. The van der Waals surface area contributed by atoms with Gasteiger partial charge in [-0.25, -0.2) is 28.9 Å². The van der Waals surface area contributed by atoms with E-state index in [9.17, 15) is 28.5 Å². The molecule has 0 aliphatic heterocycles. The molecule has 0 fully saturated rings. The van der Waals surface area contributed by atoms with Gasteiger partial charge >= 0.3 is 21.3 Å². The number of imidazole rings is 1. The fraction of sp³-hybridized carbons (Fsp3) is 0.526. The molecule has 228 valence electrons. The Bertz CT molecular complexity index is 1500. The molecular weight excluding hydrogens is 596 g/mol. The number of nitrogen functional groups attached to an aromatic ring is 1. The summed E-state index contributed by atoms with van der Waals surface area (Å²) in [5.74, 6) is 0.137. The molecule has 3 aromatic rings. The first-order chi connectivity index (χ1) is 19.4. The van der Waals surface area contributed by atoms with Crippen molar-refractivity contribution in [3.63, 3.8) is 0 Å². The van der Waals surface area contributed by atoms with Crippen LogP contribution in [0.15, 0.2) is 34.5 Å². The number of ether oxygens (including phenoxy) is 3. The maximum absolute atomic E-state index is 12.5. The number of hydrogen-bond acceptors (Lipinski definition) is 15. The standard InChI is InChI=1S/C19H29N7O13P2/c1-33-5-13(35-11-25-4-3-15(27)24-19(25)28)6-38-41(31,32)39-8-14(7-37-40(29,30)34-2)36-12-26-10-23-16-17(20)21-9-22-18(16)26/h3-4,9-10,13-14H,5-8,11-12H2,1-2H3,(H,29,30)(H,31,32)(H2,20,21,22)(H,24,27,28)/t13-,14+/m1/s1. The summed E-state index contributed by atoms with van der Waals surface area (Å²) in [6.45, 7) is -2.38. The highest BCUT2D eigenvalue weighted by molar-refractivity contribution is 7.47. The van der Waals surface area contributed by atoms with E-state index in [1.807, 2.05) is 0 Å². The van der Waals surface area contributed by atoms with E-state index in [-0.39, 0.29) is 25.9 Å². The summed E-state index contributed by atoms with van der Waals surface area (Å²) in [4.78, 5) is 56.8. The highest BCUT2D eigenvalue weighted by Crippen LogP contribution is 2.45. The summed E-state index contributed by atoms with van der Waals surface area (Å²) in [5, 5.41) is 0. The minimum atomic E-state index is -4.74. The quantitative estimate of drug-likeness (QED) is 0.126. The lowest BCUT2D eigenvalue weighted by molar-refractivity contribution is -0.0670. The van der Waals surface area contributed by atoms with Gasteiger partial charge in [-0.3, -0.25) is 37.0 Å². The molecule has 0 bridgehead atoms. The molecule has 0 saturated heterocycles. The second-order valence-electron chi connectivity index (χ2n) is 8.02. The fourth-order valence-corrected chi connectivity index (χ4v) is 4.25. The number of aromatic nitrogens is 6. The minimum absolute atomic E-state index is 0.0899. The highest BCUT2D eigenvalue weighted by atomic mass is 31.2. The molecule has 0 amide bonds. The normalized spacial score (nSPS) is 16.3. The van der Waals surface area contributed by atoms with Crippen LogP contribution in [-0.4, -0.2) is 91.7 Å². The van der Waals surface area contributed by atoms with Gasteiger partial charge in [0.1, 0.15) is 37.5 Å². The van der Waals surface area contributed by atoms with E-state index in [4.69, 9.17) is 33.5 Å². The Balaban J connectivity index is 1.59. The Kier molecular flexibility index (Phi) is 11.8. The molecule has 22 heteroatoms. The zero-order valence-corrected chi connectivity index (χ0v) is 23.6. The number of methoxy groups -OCH3 is 1. The van der Waals surface area contributed by atoms with Gasteiger partial charge in [0.15, 0.2) is 11.5 Å². The Labute approximate surface area is 231 Å². The molecule has 3 heterocycles. The van der Waals surface area contributed by atoms with E-state index in [1.54, 1.807) is 0 Å². The van der Waals surface area contributed by atoms with Crippen LogP contribution in [0.3, 0.4) is 0 Å². The largest absolute Gasteiger partial charge is 0.472 e. The molecule has 2 unspecified atom stereocenters. The first-order valence-electron chi connectivity index (χ1n) is 11.5. The maximum Gasteiger partial charge on any atom is 0.472 e. The van der Waals surface area contributed by atoms with Crippen molar-refractivity contribution in [1.82, 2.24) is 29.1 Å². The van der Waals surface area contributed by atoms with Crippen LogP contribution < -0.4 is 17.0 Å². The summed E-state index contributed by atoms with van der Waals surface area (Å²) in [5.41, 5.74) is 5.09. The van der Waals surface area contributed by atoms with E-state index in [2.05, 4.69) is 24.5 Å². The Morgan fingerprint density at radius 2 is 1.54 bits per heavy atom. The van der Waals surface area contributed by atoms with Gasteiger partial charge in [-0.15, -0.1) is 0 Å². The lowest BCUT2D eigenvalue weighted by Crippen LogP contribution is -2.32. The van der Waals surface area contributed by atoms with Crippen LogP contribution in [0.4, 0.5) is 5.82 Å². The van der Waals surface area contributed by atoms with Gasteiger partial charge in [-0.2, -0.15) is 0 Å². The van der Waals surface area contributed by atoms with Crippen LogP contribution in [0.1, 0.15) is 0 Å². The van der Waals surface area contributed by atoms with Crippen molar-refractivity contribution in [3.05, 3.63) is 45.8 Å². The predicted octanol–water partition coefficient (Wildman–Crippen LogP) is -0.812. The van der Waals surface area contributed by atoms with Crippen molar-refractivity contribution < 1.29 is 51.2 Å². The molecule has 3 aromatic heterocycles. The van der Waals surface area contributed by atoms with Gasteiger partial charge in [0.2, 0.25) is 0 Å². The van der Waals surface area contributed by atoms with E-state index < -0.39 is 58.9 Å². The van der Waals surface area contributed by atoms with Gasteiger partial charge in [0.25, 0.3) is 5.56 Å². The summed E-state index contributed by atoms with van der Waals surface area (Å²) in [7, 11) is -6.86. The van der Waals surface area contributed by atoms with Crippen molar-refractivity contribution in [2.75, 3.05) is 46.4 Å². The lowest BCUT2D eigenvalue weighted by Gasteiger charge is -2.22. The lowest BCUT2D eigenvalue weighted by atomic mass is 10.4. The van der Waals surface area contributed by atoms with Crippen molar-refractivity contribution in [3.8, 4) is 0 Å². The van der Waals surface area contributed by atoms with Gasteiger partial charge in [0, 0.05) is 26.5 Å². The molecular formula is C19H29N7O13P2. The summed E-state index contributed by atoms with van der Waals surface area (Å²) in [6.07, 6.45) is 1.67. The first kappa shape index (κ1) is 32.6. The third-order valence-corrected chi connectivity index (χ3v) is 6.97. The molecule has 0 aromatic carbocycles. The summed E-state index contributed by atoms with van der Waals surface area (Å²) < 4.78 is 62.1. The van der Waals surface area contributed by atoms with Crippen LogP contribution in [0.5, 0.6) is 0 Å². The van der Waals surface area contributed by atoms with Gasteiger partial charge in [0.05, 0.1) is 32.8 Å². The molecule has 20 nitrogen and oxygen atoms in total. The maximum atomic E-state index is 12.5. The number of phosphoric ester groups is 2. The zero-order valence-electron chi connectivity index (χ0n) is 21.8. The molecule has 0 saturated carbocycles. The molecule has 3 rings (SSSR count). The third kappa shape index (κ3) is 10.2. The zero-order chi connectivity index (χ0) is 30.0. The number of fused-ring (bicyclic) bond motifs is 1. The monoisotopic (exact) mass is 625 g/mol. The smallest absolute Gasteiger partial charge is 0.382 e. The molecule has 41 heavy (non-hydrogen) atoms. The fourth-order valence-electron chi connectivity index (χ4n) is 3.01. The van der Waals surface area contributed by atoms with Crippen molar-refractivity contribution >= 4 is 32.6 Å².